The molecule has 1 heterocycles. The van der Waals surface area contributed by atoms with Gasteiger partial charge in [-0.15, -0.1) is 0 Å². The Hall–Kier alpha value is -3.81. The number of aryl methyl sites for hydroxylation is 4. The van der Waals surface area contributed by atoms with Gasteiger partial charge in [0.05, 0.1) is 0 Å². The number of hydrogen-bond donors (Lipinski definition) is 0. The monoisotopic (exact) mass is 947 g/mol. The second-order valence-corrected chi connectivity index (χ2v) is 20.5. The molecule has 2 nitrogen and oxygen atoms in total. The van der Waals surface area contributed by atoms with Gasteiger partial charge in [0.1, 0.15) is 0 Å². The molecule has 0 aliphatic carbocycles. The van der Waals surface area contributed by atoms with Crippen molar-refractivity contribution in [2.45, 2.75) is 218 Å². The average Bonchev–Trinajstić information content (AvgIpc) is 3.64. The van der Waals surface area contributed by atoms with Gasteiger partial charge >= 0.3 is 110 Å². The molecule has 0 atom stereocenters. The van der Waals surface area contributed by atoms with Crippen LogP contribution in [0.15, 0.2) is 132 Å². The van der Waals surface area contributed by atoms with Gasteiger partial charge in [0.25, 0.3) is 0 Å². The molecule has 0 amide bonds. The first-order valence-corrected chi connectivity index (χ1v) is 28.8. The van der Waals surface area contributed by atoms with E-state index in [4.69, 9.17) is 0 Å². The minimum absolute atomic E-state index is 1.01. The van der Waals surface area contributed by atoms with Gasteiger partial charge in [0.15, 0.2) is 0 Å². The summed E-state index contributed by atoms with van der Waals surface area (Å²) in [6.07, 6.45) is 40.1. The molecule has 0 unspecified atom stereocenters. The van der Waals surface area contributed by atoms with Crippen LogP contribution in [0.3, 0.4) is 0 Å². The van der Waals surface area contributed by atoms with Crippen molar-refractivity contribution < 1.29 is 19.1 Å². The molecule has 368 valence electrons. The molecule has 4 aromatic rings. The van der Waals surface area contributed by atoms with Gasteiger partial charge in [-0.3, -0.25) is 0 Å². The van der Waals surface area contributed by atoms with Crippen molar-refractivity contribution in [3.8, 4) is 0 Å². The molecule has 0 aromatic heterocycles. The van der Waals surface area contributed by atoms with Crippen molar-refractivity contribution in [2.75, 3.05) is 0 Å². The zero-order chi connectivity index (χ0) is 47.4. The van der Waals surface area contributed by atoms with E-state index in [9.17, 15) is 5.53 Å². The zero-order valence-electron chi connectivity index (χ0n) is 43.0. The van der Waals surface area contributed by atoms with Gasteiger partial charge in [-0.1, -0.05) is 166 Å². The number of allylic oxidation sites excluding steroid dienone is 4. The van der Waals surface area contributed by atoms with E-state index in [2.05, 4.69) is 149 Å². The summed E-state index contributed by atoms with van der Waals surface area (Å²) in [6, 6.07) is 39.4. The van der Waals surface area contributed by atoms with E-state index in [1.807, 2.05) is 14.4 Å². The Morgan fingerprint density at radius 2 is 0.836 bits per heavy atom. The first kappa shape index (κ1) is 55.8. The SMILES string of the molecule is CCCCCCCCCCCCCC=CCCCc1ccccc1C1=C(CCCC)C(CCCC)=C(c2ccc(CCCCCC)cc2)[N+]1=[N-].c1ccc(C[CH2][Ni][CH2]Cc2ccccc2)cc1. The number of rotatable bonds is 35. The minimum atomic E-state index is 1.01. The first-order valence-electron chi connectivity index (χ1n) is 27.4. The third-order valence-electron chi connectivity index (χ3n) is 13.3. The summed E-state index contributed by atoms with van der Waals surface area (Å²) in [7, 11) is 0. The summed E-state index contributed by atoms with van der Waals surface area (Å²) >= 11 is 1.86. The average molecular weight is 948 g/mol. The molecule has 0 fully saturated rings. The third-order valence-corrected chi connectivity index (χ3v) is 14.5. The zero-order valence-corrected chi connectivity index (χ0v) is 44.0. The van der Waals surface area contributed by atoms with Crippen LogP contribution in [0.1, 0.15) is 215 Å². The fraction of sp³-hybridized carbons (Fsp3) is 0.531. The molecule has 0 radical (unpaired) electrons. The van der Waals surface area contributed by atoms with Crippen LogP contribution >= 0.6 is 0 Å². The van der Waals surface area contributed by atoms with Crippen molar-refractivity contribution in [2.24, 2.45) is 0 Å². The summed E-state index contributed by atoms with van der Waals surface area (Å²) in [4.78, 5) is 0. The first-order chi connectivity index (χ1) is 33.1. The Labute approximate surface area is 418 Å². The van der Waals surface area contributed by atoms with E-state index in [0.29, 0.717) is 0 Å². The van der Waals surface area contributed by atoms with E-state index in [-0.39, 0.29) is 0 Å². The molecular formula is C64H92N2Ni. The second kappa shape index (κ2) is 36.2. The number of benzene rings is 4. The molecule has 0 spiro atoms. The predicted octanol–water partition coefficient (Wildman–Crippen LogP) is 20.3. The van der Waals surface area contributed by atoms with E-state index >= 15 is 0 Å². The van der Waals surface area contributed by atoms with Crippen LogP contribution in [0.5, 0.6) is 0 Å². The topological polar surface area (TPSA) is 25.3 Å². The van der Waals surface area contributed by atoms with E-state index in [1.54, 1.807) is 4.70 Å². The summed E-state index contributed by atoms with van der Waals surface area (Å²) in [6.45, 7) is 9.12. The molecule has 0 saturated carbocycles. The molecule has 67 heavy (non-hydrogen) atoms. The number of nitrogens with zero attached hydrogens (tertiary/aromatic N) is 2. The molecule has 1 aliphatic rings. The van der Waals surface area contributed by atoms with Crippen molar-refractivity contribution >= 4 is 11.4 Å². The van der Waals surface area contributed by atoms with Crippen LogP contribution in [0.2, 0.25) is 10.8 Å². The van der Waals surface area contributed by atoms with Crippen LogP contribution in [-0.4, -0.2) is 4.70 Å². The van der Waals surface area contributed by atoms with Gasteiger partial charge in [-0.2, -0.15) is 0 Å². The van der Waals surface area contributed by atoms with Crippen LogP contribution in [0, 0.1) is 0 Å². The van der Waals surface area contributed by atoms with Crippen molar-refractivity contribution in [3.05, 3.63) is 171 Å². The van der Waals surface area contributed by atoms with Gasteiger partial charge < -0.3 is 5.53 Å². The third kappa shape index (κ3) is 22.0. The van der Waals surface area contributed by atoms with Crippen LogP contribution in [0.4, 0.5) is 0 Å². The van der Waals surface area contributed by atoms with E-state index in [0.717, 1.165) is 81.2 Å². The van der Waals surface area contributed by atoms with Crippen molar-refractivity contribution in [3.63, 3.8) is 0 Å². The molecule has 3 heteroatoms. The van der Waals surface area contributed by atoms with Crippen LogP contribution in [0.25, 0.3) is 16.9 Å². The van der Waals surface area contributed by atoms with Crippen molar-refractivity contribution in [1.82, 2.24) is 0 Å². The van der Waals surface area contributed by atoms with E-state index in [1.165, 1.54) is 165 Å². The molecule has 5 rings (SSSR count). The second-order valence-electron chi connectivity index (χ2n) is 19.0. The normalized spacial score (nSPS) is 12.7. The molecule has 0 N–H and O–H groups in total. The summed E-state index contributed by atoms with van der Waals surface area (Å²) in [5.41, 5.74) is 24.9. The quantitative estimate of drug-likeness (QED) is 0.0190. The van der Waals surface area contributed by atoms with Crippen LogP contribution < -0.4 is 0 Å². The molecule has 0 saturated heterocycles. The Balaban J connectivity index is 0.000000479. The van der Waals surface area contributed by atoms with Gasteiger partial charge in [-0.25, -0.2) is 4.70 Å². The summed E-state index contributed by atoms with van der Waals surface area (Å²) in [5.74, 6) is 0. The predicted molar refractivity (Wildman–Crippen MR) is 290 cm³/mol. The Morgan fingerprint density at radius 1 is 0.388 bits per heavy atom. The standard InChI is InChI=1S/C48H74N2.2C8H9.Ni/c1-5-9-13-15-16-17-18-19-20-21-22-23-24-25-26-28-32-42-33-29-30-36-44(42)48-46(35-12-8-4)45(34-11-7-3)47(50(48)49)43-39-37-41(38-40-43)31-27-14-10-6-2;2*1-2-8-6-4-3-5-7-8;/h24-25,29-30,33,36-40H,5-23,26-28,31-32,34-35H2,1-4H3;2*3-7H,1-2H2;. The molecule has 4 aromatic carbocycles. The maximum absolute atomic E-state index is 12.1. The Bertz CT molecular complexity index is 1930. The molecule has 1 aliphatic heterocycles. The van der Waals surface area contributed by atoms with Crippen molar-refractivity contribution in [1.29, 1.82) is 0 Å². The van der Waals surface area contributed by atoms with Gasteiger partial charge in [0.2, 0.25) is 11.4 Å². The summed E-state index contributed by atoms with van der Waals surface area (Å²) in [5, 5.41) is 2.48. The fourth-order valence-electron chi connectivity index (χ4n) is 9.26. The molecular weight excluding hydrogens is 855 g/mol. The molecule has 0 bridgehead atoms. The van der Waals surface area contributed by atoms with Gasteiger partial charge in [-0.05, 0) is 100.0 Å². The Morgan fingerprint density at radius 3 is 1.39 bits per heavy atom. The van der Waals surface area contributed by atoms with Crippen LogP contribution in [-0.2, 0) is 40.1 Å². The number of unbranched alkanes of at least 4 members (excludes halogenated alkanes) is 17. The summed E-state index contributed by atoms with van der Waals surface area (Å²) < 4.78 is 1.58. The Kier molecular flexibility index (Phi) is 30.2. The number of hydrogen-bond acceptors (Lipinski definition) is 0. The van der Waals surface area contributed by atoms with Gasteiger partial charge in [0, 0.05) is 22.3 Å². The fourth-order valence-corrected chi connectivity index (χ4v) is 10.4. The maximum atomic E-state index is 12.1. The van der Waals surface area contributed by atoms with E-state index < -0.39 is 0 Å².